The molecule has 0 atom stereocenters. The molecule has 6 heteroatoms. The molecule has 0 fully saturated rings. The van der Waals surface area contributed by atoms with Crippen LogP contribution in [0.4, 0.5) is 5.82 Å². The van der Waals surface area contributed by atoms with Gasteiger partial charge in [0.15, 0.2) is 0 Å². The number of anilines is 1. The minimum Gasteiger partial charge on any atom is -0.460 e. The summed E-state index contributed by atoms with van der Waals surface area (Å²) in [6.45, 7) is 17.7. The quantitative estimate of drug-likeness (QED) is 0.273. The number of esters is 1. The number of rotatable bonds is 11. The molecule has 0 saturated carbocycles. The van der Waals surface area contributed by atoms with Crippen molar-refractivity contribution < 1.29 is 9.53 Å². The first-order valence-electron chi connectivity index (χ1n) is 10.3. The molecule has 28 heavy (non-hydrogen) atoms. The Morgan fingerprint density at radius 1 is 1.14 bits per heavy atom. The molecule has 0 radical (unpaired) electrons. The summed E-state index contributed by atoms with van der Waals surface area (Å²) in [6, 6.07) is 0. The summed E-state index contributed by atoms with van der Waals surface area (Å²) in [5.74, 6) is 0.690. The van der Waals surface area contributed by atoms with Crippen LogP contribution in [0.2, 0.25) is 5.28 Å². The van der Waals surface area contributed by atoms with E-state index in [1.165, 1.54) is 5.56 Å². The first-order valence-corrected chi connectivity index (χ1v) is 10.7. The molecule has 0 unspecified atom stereocenters. The van der Waals surface area contributed by atoms with Gasteiger partial charge in [0.1, 0.15) is 11.4 Å². The second-order valence-electron chi connectivity index (χ2n) is 8.10. The van der Waals surface area contributed by atoms with Gasteiger partial charge in [-0.2, -0.15) is 0 Å². The molecule has 1 aromatic rings. The lowest BCUT2D eigenvalue weighted by Gasteiger charge is -2.27. The Balaban J connectivity index is 2.92. The van der Waals surface area contributed by atoms with Crippen LogP contribution in [0, 0.1) is 0 Å². The molecule has 0 N–H and O–H groups in total. The molecule has 1 aromatic heterocycles. The largest absolute Gasteiger partial charge is 0.460 e. The van der Waals surface area contributed by atoms with Crippen molar-refractivity contribution in [3.05, 3.63) is 28.7 Å². The van der Waals surface area contributed by atoms with Crippen molar-refractivity contribution in [2.75, 3.05) is 18.0 Å². The fourth-order valence-corrected chi connectivity index (χ4v) is 3.29. The average molecular weight is 410 g/mol. The SMILES string of the molecule is C=C(CCN(CCC)c1nc(Cl)nc(CC)c1CCC)CC(=O)OC(C)(C)C. The van der Waals surface area contributed by atoms with Crippen LogP contribution in [0.5, 0.6) is 0 Å². The Labute approximate surface area is 175 Å². The lowest BCUT2D eigenvalue weighted by Crippen LogP contribution is -2.29. The maximum Gasteiger partial charge on any atom is 0.310 e. The van der Waals surface area contributed by atoms with E-state index < -0.39 is 5.60 Å². The number of nitrogens with zero attached hydrogens (tertiary/aromatic N) is 3. The van der Waals surface area contributed by atoms with E-state index in [2.05, 4.69) is 42.2 Å². The maximum absolute atomic E-state index is 12.0. The summed E-state index contributed by atoms with van der Waals surface area (Å²) < 4.78 is 5.39. The monoisotopic (exact) mass is 409 g/mol. The van der Waals surface area contributed by atoms with Gasteiger partial charge in [-0.05, 0) is 58.1 Å². The van der Waals surface area contributed by atoms with E-state index in [9.17, 15) is 4.79 Å². The number of hydrogen-bond acceptors (Lipinski definition) is 5. The molecular formula is C22H36ClN3O2. The van der Waals surface area contributed by atoms with Crippen LogP contribution in [0.25, 0.3) is 0 Å². The summed E-state index contributed by atoms with van der Waals surface area (Å²) >= 11 is 6.21. The normalized spacial score (nSPS) is 11.4. The Morgan fingerprint density at radius 2 is 1.82 bits per heavy atom. The van der Waals surface area contributed by atoms with E-state index in [0.717, 1.165) is 55.9 Å². The number of aryl methyl sites for hydroxylation is 1. The van der Waals surface area contributed by atoms with Crippen molar-refractivity contribution in [2.45, 2.75) is 85.7 Å². The lowest BCUT2D eigenvalue weighted by atomic mass is 10.1. The Bertz CT molecular complexity index is 668. The first kappa shape index (κ1) is 24.4. The maximum atomic E-state index is 12.0. The molecule has 158 valence electrons. The Morgan fingerprint density at radius 3 is 2.36 bits per heavy atom. The second kappa shape index (κ2) is 11.4. The van der Waals surface area contributed by atoms with Gasteiger partial charge in [0.2, 0.25) is 5.28 Å². The number of aromatic nitrogens is 2. The van der Waals surface area contributed by atoms with Crippen LogP contribution in [-0.4, -0.2) is 34.6 Å². The third-order valence-corrected chi connectivity index (χ3v) is 4.39. The fourth-order valence-electron chi connectivity index (χ4n) is 3.10. The average Bonchev–Trinajstić information content (AvgIpc) is 2.58. The van der Waals surface area contributed by atoms with Crippen LogP contribution in [0.1, 0.15) is 78.5 Å². The van der Waals surface area contributed by atoms with Crippen LogP contribution in [0.3, 0.4) is 0 Å². The third-order valence-electron chi connectivity index (χ3n) is 4.22. The molecule has 1 heterocycles. The van der Waals surface area contributed by atoms with Gasteiger partial charge in [0, 0.05) is 18.7 Å². The third kappa shape index (κ3) is 8.17. The zero-order valence-electron chi connectivity index (χ0n) is 18.4. The first-order chi connectivity index (χ1) is 13.1. The van der Waals surface area contributed by atoms with E-state index in [4.69, 9.17) is 16.3 Å². The molecule has 0 saturated heterocycles. The van der Waals surface area contributed by atoms with Crippen molar-refractivity contribution >= 4 is 23.4 Å². The highest BCUT2D eigenvalue weighted by Crippen LogP contribution is 2.26. The standard InChI is InChI=1S/C22H36ClN3O2/c1-8-11-17-18(10-3)24-21(23)25-20(17)26(13-9-2)14-12-16(4)15-19(27)28-22(5,6)7/h4,8-15H2,1-3,5-7H3. The number of halogens is 1. The van der Waals surface area contributed by atoms with Crippen molar-refractivity contribution in [3.8, 4) is 0 Å². The number of hydrogen-bond donors (Lipinski definition) is 0. The highest BCUT2D eigenvalue weighted by molar-refractivity contribution is 6.28. The second-order valence-corrected chi connectivity index (χ2v) is 8.43. The summed E-state index contributed by atoms with van der Waals surface area (Å²) in [5, 5.41) is 0.292. The molecule has 0 spiro atoms. The van der Waals surface area contributed by atoms with Gasteiger partial charge < -0.3 is 9.64 Å². The van der Waals surface area contributed by atoms with Gasteiger partial charge in [-0.25, -0.2) is 9.97 Å². The van der Waals surface area contributed by atoms with E-state index in [0.29, 0.717) is 11.7 Å². The molecular weight excluding hydrogens is 374 g/mol. The number of carbonyl (C=O) groups excluding carboxylic acids is 1. The van der Waals surface area contributed by atoms with Gasteiger partial charge in [-0.1, -0.05) is 39.3 Å². The van der Waals surface area contributed by atoms with Gasteiger partial charge >= 0.3 is 5.97 Å². The highest BCUT2D eigenvalue weighted by atomic mass is 35.5. The van der Waals surface area contributed by atoms with E-state index in [-0.39, 0.29) is 12.4 Å². The molecule has 0 bridgehead atoms. The number of carbonyl (C=O) groups is 1. The van der Waals surface area contributed by atoms with Crippen molar-refractivity contribution in [2.24, 2.45) is 0 Å². The summed E-state index contributed by atoms with van der Waals surface area (Å²) in [6.07, 6.45) is 4.71. The van der Waals surface area contributed by atoms with Crippen molar-refractivity contribution in [1.82, 2.24) is 9.97 Å². The van der Waals surface area contributed by atoms with Crippen LogP contribution in [0.15, 0.2) is 12.2 Å². The van der Waals surface area contributed by atoms with Crippen LogP contribution < -0.4 is 4.90 Å². The lowest BCUT2D eigenvalue weighted by molar-refractivity contribution is -0.153. The Kier molecular flexibility index (Phi) is 9.94. The zero-order chi connectivity index (χ0) is 21.3. The van der Waals surface area contributed by atoms with Crippen LogP contribution in [-0.2, 0) is 22.4 Å². The van der Waals surface area contributed by atoms with Crippen molar-refractivity contribution in [3.63, 3.8) is 0 Å². The highest BCUT2D eigenvalue weighted by Gasteiger charge is 2.20. The Hall–Kier alpha value is -1.62. The summed E-state index contributed by atoms with van der Waals surface area (Å²) in [7, 11) is 0. The van der Waals surface area contributed by atoms with E-state index >= 15 is 0 Å². The zero-order valence-corrected chi connectivity index (χ0v) is 19.2. The predicted octanol–water partition coefficient (Wildman–Crippen LogP) is 5.54. The predicted molar refractivity (Wildman–Crippen MR) is 117 cm³/mol. The number of ether oxygens (including phenoxy) is 1. The molecule has 0 aliphatic carbocycles. The molecule has 1 rings (SSSR count). The minimum atomic E-state index is -0.477. The fraction of sp³-hybridized carbons (Fsp3) is 0.682. The summed E-state index contributed by atoms with van der Waals surface area (Å²) in [5.41, 5.74) is 2.59. The summed E-state index contributed by atoms with van der Waals surface area (Å²) in [4.78, 5) is 23.3. The minimum absolute atomic E-state index is 0.232. The smallest absolute Gasteiger partial charge is 0.310 e. The molecule has 0 aliphatic rings. The van der Waals surface area contributed by atoms with E-state index in [1.54, 1.807) is 0 Å². The topological polar surface area (TPSA) is 55.3 Å². The molecule has 5 nitrogen and oxygen atoms in total. The van der Waals surface area contributed by atoms with Gasteiger partial charge in [-0.15, -0.1) is 0 Å². The van der Waals surface area contributed by atoms with Gasteiger partial charge in [-0.3, -0.25) is 4.79 Å². The molecule has 0 amide bonds. The van der Waals surface area contributed by atoms with Gasteiger partial charge in [0.25, 0.3) is 0 Å². The van der Waals surface area contributed by atoms with Crippen molar-refractivity contribution in [1.29, 1.82) is 0 Å². The van der Waals surface area contributed by atoms with Crippen LogP contribution >= 0.6 is 11.6 Å². The van der Waals surface area contributed by atoms with E-state index in [1.807, 2.05) is 20.8 Å². The molecule has 0 aromatic carbocycles. The van der Waals surface area contributed by atoms with Gasteiger partial charge in [0.05, 0.1) is 12.1 Å². The molecule has 0 aliphatic heterocycles.